The molecule has 0 spiro atoms. The molecule has 0 saturated heterocycles. The first kappa shape index (κ1) is 10.2. The van der Waals surface area contributed by atoms with Crippen LogP contribution in [0.2, 0.25) is 5.02 Å². The van der Waals surface area contributed by atoms with Gasteiger partial charge in [-0.2, -0.15) is 0 Å². The highest BCUT2D eigenvalue weighted by atomic mass is 35.5. The lowest BCUT2D eigenvalue weighted by atomic mass is 10.1. The molecule has 5 heteroatoms. The number of pyridine rings is 1. The van der Waals surface area contributed by atoms with Crippen LogP contribution in [-0.4, -0.2) is 4.98 Å². The summed E-state index contributed by atoms with van der Waals surface area (Å²) in [7, 11) is 0. The van der Waals surface area contributed by atoms with Crippen LogP contribution < -0.4 is 11.3 Å². The summed E-state index contributed by atoms with van der Waals surface area (Å²) in [4.78, 5) is 3.91. The summed E-state index contributed by atoms with van der Waals surface area (Å²) in [5.41, 5.74) is 3.49. The van der Waals surface area contributed by atoms with E-state index < -0.39 is 0 Å². The highest BCUT2D eigenvalue weighted by Crippen LogP contribution is 2.26. The Kier molecular flexibility index (Phi) is 3.01. The van der Waals surface area contributed by atoms with Gasteiger partial charge in [-0.15, -0.1) is 0 Å². The van der Waals surface area contributed by atoms with Crippen molar-refractivity contribution in [2.24, 2.45) is 5.84 Å². The molecule has 0 amide bonds. The minimum absolute atomic E-state index is 0.254. The van der Waals surface area contributed by atoms with Crippen molar-refractivity contribution in [1.82, 2.24) is 10.4 Å². The van der Waals surface area contributed by atoms with Gasteiger partial charge in [-0.05, 0) is 23.8 Å². The molecule has 0 aliphatic heterocycles. The first-order chi connectivity index (χ1) is 7.33. The third kappa shape index (κ3) is 2.02. The highest BCUT2D eigenvalue weighted by molar-refractivity contribution is 6.31. The molecule has 78 valence electrons. The van der Waals surface area contributed by atoms with Crippen LogP contribution in [0.15, 0.2) is 41.3 Å². The Labute approximate surface area is 92.0 Å². The molecular weight excluding hydrogens is 214 g/mol. The normalized spacial score (nSPS) is 12.7. The average Bonchev–Trinajstić information content (AvgIpc) is 2.75. The molecule has 0 bridgehead atoms. The van der Waals surface area contributed by atoms with Gasteiger partial charge >= 0.3 is 0 Å². The maximum absolute atomic E-state index is 6.01. The Morgan fingerprint density at radius 2 is 2.33 bits per heavy atom. The minimum Gasteiger partial charge on any atom is -0.467 e. The smallest absolute Gasteiger partial charge is 0.126 e. The Hall–Kier alpha value is -1.36. The lowest BCUT2D eigenvalue weighted by Crippen LogP contribution is -2.28. The van der Waals surface area contributed by atoms with E-state index in [0.29, 0.717) is 10.8 Å². The van der Waals surface area contributed by atoms with E-state index in [9.17, 15) is 0 Å². The highest BCUT2D eigenvalue weighted by Gasteiger charge is 2.17. The molecule has 2 heterocycles. The van der Waals surface area contributed by atoms with Gasteiger partial charge < -0.3 is 4.42 Å². The third-order valence-electron chi connectivity index (χ3n) is 2.11. The van der Waals surface area contributed by atoms with Gasteiger partial charge in [-0.1, -0.05) is 11.6 Å². The van der Waals surface area contributed by atoms with Crippen molar-refractivity contribution < 1.29 is 4.42 Å². The predicted octanol–water partition coefficient (Wildman–Crippen LogP) is 1.88. The number of nitrogens with zero attached hydrogens (tertiary/aromatic N) is 1. The minimum atomic E-state index is -0.254. The van der Waals surface area contributed by atoms with Gasteiger partial charge in [0.1, 0.15) is 11.8 Å². The first-order valence-corrected chi connectivity index (χ1v) is 4.79. The zero-order chi connectivity index (χ0) is 10.7. The van der Waals surface area contributed by atoms with E-state index in [0.717, 1.165) is 5.56 Å². The van der Waals surface area contributed by atoms with Crippen LogP contribution >= 0.6 is 11.6 Å². The molecule has 0 aromatic carbocycles. The van der Waals surface area contributed by atoms with Crippen LogP contribution in [0, 0.1) is 0 Å². The molecule has 1 atom stereocenters. The van der Waals surface area contributed by atoms with Gasteiger partial charge in [-0.3, -0.25) is 10.8 Å². The molecule has 0 aliphatic rings. The molecule has 0 saturated carbocycles. The summed E-state index contributed by atoms with van der Waals surface area (Å²) in [5.74, 6) is 6.19. The average molecular weight is 224 g/mol. The molecule has 2 rings (SSSR count). The molecule has 15 heavy (non-hydrogen) atoms. The number of nitrogens with one attached hydrogen (secondary N) is 1. The lowest BCUT2D eigenvalue weighted by Gasteiger charge is -2.14. The van der Waals surface area contributed by atoms with Crippen molar-refractivity contribution in [3.8, 4) is 0 Å². The number of rotatable bonds is 3. The molecule has 0 aliphatic carbocycles. The summed E-state index contributed by atoms with van der Waals surface area (Å²) in [6.45, 7) is 0. The Balaban J connectivity index is 2.40. The quantitative estimate of drug-likeness (QED) is 0.616. The van der Waals surface area contributed by atoms with Crippen LogP contribution in [0.3, 0.4) is 0 Å². The van der Waals surface area contributed by atoms with Crippen molar-refractivity contribution in [1.29, 1.82) is 0 Å². The molecular formula is C10H10ClN3O. The second kappa shape index (κ2) is 4.44. The van der Waals surface area contributed by atoms with E-state index in [-0.39, 0.29) is 6.04 Å². The molecule has 1 unspecified atom stereocenters. The molecule has 2 aromatic rings. The monoisotopic (exact) mass is 223 g/mol. The molecule has 0 fully saturated rings. The molecule has 4 nitrogen and oxygen atoms in total. The fourth-order valence-electron chi connectivity index (χ4n) is 1.40. The van der Waals surface area contributed by atoms with Gasteiger partial charge in [0.25, 0.3) is 0 Å². The van der Waals surface area contributed by atoms with E-state index >= 15 is 0 Å². The third-order valence-corrected chi connectivity index (χ3v) is 2.42. The van der Waals surface area contributed by atoms with Crippen molar-refractivity contribution in [2.75, 3.05) is 0 Å². The topological polar surface area (TPSA) is 64.1 Å². The zero-order valence-electron chi connectivity index (χ0n) is 7.85. The maximum Gasteiger partial charge on any atom is 0.126 e. The number of hydrogen-bond donors (Lipinski definition) is 2. The van der Waals surface area contributed by atoms with Crippen molar-refractivity contribution in [3.63, 3.8) is 0 Å². The number of nitrogens with two attached hydrogens (primary N) is 1. The van der Waals surface area contributed by atoms with Gasteiger partial charge in [0.05, 0.1) is 11.3 Å². The summed E-state index contributed by atoms with van der Waals surface area (Å²) in [5, 5.41) is 0.553. The Morgan fingerprint density at radius 3 is 2.93 bits per heavy atom. The summed E-state index contributed by atoms with van der Waals surface area (Å²) >= 11 is 6.01. The van der Waals surface area contributed by atoms with E-state index in [1.54, 1.807) is 30.8 Å². The van der Waals surface area contributed by atoms with Crippen LogP contribution in [-0.2, 0) is 0 Å². The molecule has 2 aromatic heterocycles. The van der Waals surface area contributed by atoms with E-state index in [4.69, 9.17) is 21.9 Å². The van der Waals surface area contributed by atoms with Crippen molar-refractivity contribution in [2.45, 2.75) is 6.04 Å². The van der Waals surface area contributed by atoms with Crippen LogP contribution in [0.25, 0.3) is 0 Å². The number of aromatic nitrogens is 1. The largest absolute Gasteiger partial charge is 0.467 e. The summed E-state index contributed by atoms with van der Waals surface area (Å²) in [6, 6.07) is 5.18. The van der Waals surface area contributed by atoms with E-state index in [1.165, 1.54) is 0 Å². The number of furan rings is 1. The van der Waals surface area contributed by atoms with Crippen LogP contribution in [0.1, 0.15) is 17.4 Å². The van der Waals surface area contributed by atoms with Gasteiger partial charge in [0, 0.05) is 12.4 Å². The van der Waals surface area contributed by atoms with E-state index in [1.807, 2.05) is 6.07 Å². The lowest BCUT2D eigenvalue weighted by molar-refractivity contribution is 0.452. The van der Waals surface area contributed by atoms with Gasteiger partial charge in [-0.25, -0.2) is 5.43 Å². The van der Waals surface area contributed by atoms with Crippen molar-refractivity contribution >= 4 is 11.6 Å². The van der Waals surface area contributed by atoms with Crippen LogP contribution in [0.4, 0.5) is 0 Å². The Morgan fingerprint density at radius 1 is 1.47 bits per heavy atom. The molecule has 3 N–H and O–H groups in total. The van der Waals surface area contributed by atoms with Crippen LogP contribution in [0.5, 0.6) is 0 Å². The van der Waals surface area contributed by atoms with Gasteiger partial charge in [0.2, 0.25) is 0 Å². The fourth-order valence-corrected chi connectivity index (χ4v) is 1.63. The SMILES string of the molecule is NNC(c1ccco1)c1ccncc1Cl. The zero-order valence-corrected chi connectivity index (χ0v) is 8.61. The summed E-state index contributed by atoms with van der Waals surface area (Å²) in [6.07, 6.45) is 4.83. The first-order valence-electron chi connectivity index (χ1n) is 4.42. The van der Waals surface area contributed by atoms with E-state index in [2.05, 4.69) is 10.4 Å². The van der Waals surface area contributed by atoms with Crippen molar-refractivity contribution in [3.05, 3.63) is 53.2 Å². The standard InChI is InChI=1S/C10H10ClN3O/c11-8-6-13-4-3-7(8)10(14-12)9-2-1-5-15-9/h1-6,10,14H,12H2. The number of hydrazine groups is 1. The maximum atomic E-state index is 6.01. The second-order valence-electron chi connectivity index (χ2n) is 3.01. The fraction of sp³-hybridized carbons (Fsp3) is 0.100. The molecule has 0 radical (unpaired) electrons. The summed E-state index contributed by atoms with van der Waals surface area (Å²) < 4.78 is 5.27. The Bertz CT molecular complexity index is 430. The second-order valence-corrected chi connectivity index (χ2v) is 3.42. The number of hydrogen-bond acceptors (Lipinski definition) is 4. The number of halogens is 1. The predicted molar refractivity (Wildman–Crippen MR) is 57.1 cm³/mol. The van der Waals surface area contributed by atoms with Gasteiger partial charge in [0.15, 0.2) is 0 Å².